The first-order valence-corrected chi connectivity index (χ1v) is 8.40. The van der Waals surface area contributed by atoms with Crippen LogP contribution in [0.15, 0.2) is 41.2 Å². The van der Waals surface area contributed by atoms with Crippen molar-refractivity contribution in [2.24, 2.45) is 0 Å². The van der Waals surface area contributed by atoms with E-state index in [2.05, 4.69) is 20.4 Å². The van der Waals surface area contributed by atoms with Gasteiger partial charge in [-0.2, -0.15) is 5.10 Å². The Bertz CT molecular complexity index is 763. The Balaban J connectivity index is 1.77. The second kappa shape index (κ2) is 7.94. The minimum atomic E-state index is -0.333. The number of benzene rings is 1. The Morgan fingerprint density at radius 3 is 2.72 bits per heavy atom. The Morgan fingerprint density at radius 2 is 2.04 bits per heavy atom. The number of hydrogen-bond donors (Lipinski definition) is 2. The van der Waals surface area contributed by atoms with Crippen molar-refractivity contribution in [1.82, 2.24) is 20.4 Å². The Hall–Kier alpha value is -2.67. The molecule has 0 aliphatic carbocycles. The van der Waals surface area contributed by atoms with E-state index >= 15 is 0 Å². The van der Waals surface area contributed by atoms with Crippen LogP contribution in [0.25, 0.3) is 0 Å². The van der Waals surface area contributed by atoms with Crippen molar-refractivity contribution in [3.63, 3.8) is 0 Å². The summed E-state index contributed by atoms with van der Waals surface area (Å²) in [7, 11) is 1.66. The largest absolute Gasteiger partial charge is 0.496 e. The molecule has 2 N–H and O–H groups in total. The number of para-hydroxylation sites is 1. The number of rotatable bonds is 6. The highest BCUT2D eigenvalue weighted by Gasteiger charge is 2.26. The third kappa shape index (κ3) is 4.06. The van der Waals surface area contributed by atoms with Gasteiger partial charge >= 0.3 is 0 Å². The van der Waals surface area contributed by atoms with E-state index in [9.17, 15) is 9.59 Å². The molecule has 1 aromatic carbocycles. The Kier molecular flexibility index (Phi) is 5.45. The van der Waals surface area contributed by atoms with Crippen LogP contribution in [0, 0.1) is 0 Å². The van der Waals surface area contributed by atoms with Crippen molar-refractivity contribution in [2.75, 3.05) is 26.7 Å². The number of carbonyl (C=O) groups excluding carboxylic acids is 1. The highest BCUT2D eigenvalue weighted by Crippen LogP contribution is 2.31. The van der Waals surface area contributed by atoms with Gasteiger partial charge in [0.05, 0.1) is 13.2 Å². The molecule has 1 fully saturated rings. The quantitative estimate of drug-likeness (QED) is 0.827. The minimum Gasteiger partial charge on any atom is -0.496 e. The lowest BCUT2D eigenvalue weighted by Crippen LogP contribution is -2.37. The zero-order valence-electron chi connectivity index (χ0n) is 14.2. The summed E-state index contributed by atoms with van der Waals surface area (Å²) in [4.78, 5) is 25.7. The van der Waals surface area contributed by atoms with Crippen LogP contribution in [0.4, 0.5) is 0 Å². The van der Waals surface area contributed by atoms with E-state index in [1.165, 1.54) is 12.1 Å². The number of methoxy groups -OCH3 is 1. The zero-order chi connectivity index (χ0) is 17.6. The Morgan fingerprint density at radius 1 is 1.28 bits per heavy atom. The normalized spacial score (nSPS) is 15.7. The molecule has 1 aliphatic heterocycles. The van der Waals surface area contributed by atoms with Gasteiger partial charge in [0.15, 0.2) is 0 Å². The molecule has 2 heterocycles. The number of aromatic amines is 1. The van der Waals surface area contributed by atoms with E-state index in [0.717, 1.165) is 37.2 Å². The van der Waals surface area contributed by atoms with Crippen LogP contribution in [0.1, 0.15) is 34.9 Å². The smallest absolute Gasteiger partial charge is 0.271 e. The molecule has 1 aromatic heterocycles. The molecule has 1 atom stereocenters. The number of hydrogen-bond acceptors (Lipinski definition) is 5. The molecule has 1 aliphatic rings. The van der Waals surface area contributed by atoms with Crippen molar-refractivity contribution in [2.45, 2.75) is 18.9 Å². The van der Waals surface area contributed by atoms with E-state index in [1.807, 2.05) is 24.3 Å². The molecule has 0 spiro atoms. The third-order valence-electron chi connectivity index (χ3n) is 4.45. The maximum atomic E-state index is 12.3. The summed E-state index contributed by atoms with van der Waals surface area (Å²) in [6.07, 6.45) is 2.31. The predicted octanol–water partition coefficient (Wildman–Crippen LogP) is 1.35. The summed E-state index contributed by atoms with van der Waals surface area (Å²) in [6, 6.07) is 10.6. The Labute approximate surface area is 146 Å². The molecule has 1 saturated heterocycles. The van der Waals surface area contributed by atoms with Crippen LogP contribution in [0.2, 0.25) is 0 Å². The average molecular weight is 342 g/mol. The van der Waals surface area contributed by atoms with E-state index in [1.54, 1.807) is 7.11 Å². The number of nitrogens with zero attached hydrogens (tertiary/aromatic N) is 2. The number of ether oxygens (including phenoxy) is 1. The zero-order valence-corrected chi connectivity index (χ0v) is 14.2. The predicted molar refractivity (Wildman–Crippen MR) is 93.7 cm³/mol. The van der Waals surface area contributed by atoms with Crippen molar-refractivity contribution >= 4 is 5.91 Å². The van der Waals surface area contributed by atoms with Crippen molar-refractivity contribution in [3.8, 4) is 5.75 Å². The number of carbonyl (C=O) groups is 1. The molecule has 0 bridgehead atoms. The lowest BCUT2D eigenvalue weighted by atomic mass is 10.0. The first kappa shape index (κ1) is 17.2. The van der Waals surface area contributed by atoms with Gasteiger partial charge in [0.2, 0.25) is 0 Å². The molecule has 2 aromatic rings. The summed E-state index contributed by atoms with van der Waals surface area (Å²) in [5.41, 5.74) is 0.918. The van der Waals surface area contributed by atoms with Gasteiger partial charge in [-0.15, -0.1) is 0 Å². The summed E-state index contributed by atoms with van der Waals surface area (Å²) in [5.74, 6) is 0.506. The summed E-state index contributed by atoms with van der Waals surface area (Å²) in [6.45, 7) is 2.44. The molecule has 1 amide bonds. The molecular formula is C18H22N4O3. The fourth-order valence-corrected chi connectivity index (χ4v) is 3.18. The lowest BCUT2D eigenvalue weighted by Gasteiger charge is -2.29. The first-order chi connectivity index (χ1) is 12.2. The summed E-state index contributed by atoms with van der Waals surface area (Å²) < 4.78 is 5.50. The molecule has 132 valence electrons. The molecule has 7 nitrogen and oxygen atoms in total. The average Bonchev–Trinajstić information content (AvgIpc) is 3.17. The minimum absolute atomic E-state index is 0.0327. The van der Waals surface area contributed by atoms with Crippen molar-refractivity contribution < 1.29 is 9.53 Å². The third-order valence-corrected chi connectivity index (χ3v) is 4.45. The van der Waals surface area contributed by atoms with Crippen molar-refractivity contribution in [3.05, 3.63) is 58.0 Å². The molecule has 0 radical (unpaired) electrons. The van der Waals surface area contributed by atoms with Crippen LogP contribution in [-0.4, -0.2) is 47.7 Å². The molecule has 0 saturated carbocycles. The summed E-state index contributed by atoms with van der Waals surface area (Å²) >= 11 is 0. The molecule has 3 rings (SSSR count). The fraction of sp³-hybridized carbons (Fsp3) is 0.389. The number of nitrogens with one attached hydrogen (secondary N) is 2. The van der Waals surface area contributed by atoms with E-state index in [-0.39, 0.29) is 23.2 Å². The molecule has 0 unspecified atom stereocenters. The van der Waals surface area contributed by atoms with Gasteiger partial charge in [0.1, 0.15) is 11.4 Å². The topological polar surface area (TPSA) is 87.3 Å². The number of H-pyrrole nitrogens is 1. The van der Waals surface area contributed by atoms with Gasteiger partial charge in [0, 0.05) is 18.2 Å². The fourth-order valence-electron chi connectivity index (χ4n) is 3.18. The molecular weight excluding hydrogens is 320 g/mol. The first-order valence-electron chi connectivity index (χ1n) is 8.40. The van der Waals surface area contributed by atoms with Crippen LogP contribution in [0.3, 0.4) is 0 Å². The van der Waals surface area contributed by atoms with E-state index in [0.29, 0.717) is 6.54 Å². The van der Waals surface area contributed by atoms with Crippen LogP contribution in [0.5, 0.6) is 5.75 Å². The maximum absolute atomic E-state index is 12.3. The standard InChI is InChI=1S/C18H22N4O3/c1-25-16-7-3-2-6-13(16)15(22-10-4-5-11-22)12-19-18(24)14-8-9-17(23)21-20-14/h2-3,6-9,15H,4-5,10-12H2,1H3,(H,19,24)(H,21,23)/t15-/m1/s1. The van der Waals surface area contributed by atoms with E-state index in [4.69, 9.17) is 4.74 Å². The van der Waals surface area contributed by atoms with Gasteiger partial charge in [-0.3, -0.25) is 14.5 Å². The van der Waals surface area contributed by atoms with Gasteiger partial charge in [-0.25, -0.2) is 5.10 Å². The highest BCUT2D eigenvalue weighted by molar-refractivity contribution is 5.92. The monoisotopic (exact) mass is 342 g/mol. The van der Waals surface area contributed by atoms with Crippen LogP contribution >= 0.6 is 0 Å². The van der Waals surface area contributed by atoms with Gasteiger partial charge in [-0.05, 0) is 38.1 Å². The van der Waals surface area contributed by atoms with Gasteiger partial charge in [-0.1, -0.05) is 18.2 Å². The molecule has 7 heteroatoms. The van der Waals surface area contributed by atoms with Crippen LogP contribution in [-0.2, 0) is 0 Å². The van der Waals surface area contributed by atoms with Gasteiger partial charge in [0.25, 0.3) is 11.5 Å². The maximum Gasteiger partial charge on any atom is 0.271 e. The van der Waals surface area contributed by atoms with E-state index < -0.39 is 0 Å². The number of aromatic nitrogens is 2. The summed E-state index contributed by atoms with van der Waals surface area (Å²) in [5, 5.41) is 8.97. The lowest BCUT2D eigenvalue weighted by molar-refractivity contribution is 0.0931. The van der Waals surface area contributed by atoms with Crippen molar-refractivity contribution in [1.29, 1.82) is 0 Å². The van der Waals surface area contributed by atoms with Crippen LogP contribution < -0.4 is 15.6 Å². The van der Waals surface area contributed by atoms with Gasteiger partial charge < -0.3 is 10.1 Å². The second-order valence-corrected chi connectivity index (χ2v) is 6.02. The number of likely N-dealkylation sites (tertiary alicyclic amines) is 1. The number of amides is 1. The molecule has 25 heavy (non-hydrogen) atoms. The SMILES string of the molecule is COc1ccccc1[C@@H](CNC(=O)c1ccc(=O)[nH]n1)N1CCCC1. The second-order valence-electron chi connectivity index (χ2n) is 6.02. The highest BCUT2D eigenvalue weighted by atomic mass is 16.5.